The molecule has 2 nitrogen and oxygen atoms in total. The van der Waals surface area contributed by atoms with Gasteiger partial charge in [0.2, 0.25) is 0 Å². The molecule has 2 aromatic rings. The Hall–Kier alpha value is -1.35. The van der Waals surface area contributed by atoms with Crippen LogP contribution in [0.15, 0.2) is 24.4 Å². The van der Waals surface area contributed by atoms with E-state index in [0.29, 0.717) is 11.1 Å². The van der Waals surface area contributed by atoms with E-state index in [-0.39, 0.29) is 11.9 Å². The molecule has 13 heavy (non-hydrogen) atoms. The smallest absolute Gasteiger partial charge is 0.151 e. The number of hydrogen-bond donors (Lipinski definition) is 2. The molecule has 1 aromatic carbocycles. The average Bonchev–Trinajstić information content (AvgIpc) is 2.52. The first-order valence-corrected chi connectivity index (χ1v) is 4.21. The van der Waals surface area contributed by atoms with Crippen LogP contribution in [0.25, 0.3) is 10.9 Å². The molecule has 0 radical (unpaired) electrons. The lowest BCUT2D eigenvalue weighted by atomic mass is 10.1. The quantitative estimate of drug-likeness (QED) is 0.691. The number of halogens is 1. The summed E-state index contributed by atoms with van der Waals surface area (Å²) in [4.78, 5) is 2.85. The fourth-order valence-corrected chi connectivity index (χ4v) is 1.46. The first-order valence-electron chi connectivity index (χ1n) is 4.21. The van der Waals surface area contributed by atoms with Crippen LogP contribution in [-0.2, 0) is 0 Å². The van der Waals surface area contributed by atoms with Crippen molar-refractivity contribution in [3.8, 4) is 0 Å². The zero-order valence-electron chi connectivity index (χ0n) is 7.34. The summed E-state index contributed by atoms with van der Waals surface area (Å²) in [5.74, 6) is -0.238. The van der Waals surface area contributed by atoms with Crippen molar-refractivity contribution in [3.05, 3.63) is 35.8 Å². The highest BCUT2D eigenvalue weighted by molar-refractivity contribution is 5.80. The van der Waals surface area contributed by atoms with E-state index in [1.807, 2.05) is 12.1 Å². The molecular weight excluding hydrogens is 167 g/mol. The summed E-state index contributed by atoms with van der Waals surface area (Å²) in [5.41, 5.74) is 6.71. The van der Waals surface area contributed by atoms with Crippen molar-refractivity contribution in [2.75, 3.05) is 0 Å². The molecule has 0 aliphatic rings. The van der Waals surface area contributed by atoms with Crippen LogP contribution < -0.4 is 5.73 Å². The molecule has 1 atom stereocenters. The average molecular weight is 178 g/mol. The van der Waals surface area contributed by atoms with Crippen molar-refractivity contribution < 1.29 is 4.39 Å². The Morgan fingerprint density at radius 2 is 2.15 bits per heavy atom. The van der Waals surface area contributed by atoms with E-state index < -0.39 is 0 Å². The van der Waals surface area contributed by atoms with Crippen molar-refractivity contribution in [1.29, 1.82) is 0 Å². The van der Waals surface area contributed by atoms with Crippen LogP contribution >= 0.6 is 0 Å². The molecule has 68 valence electrons. The molecule has 3 N–H and O–H groups in total. The van der Waals surface area contributed by atoms with Gasteiger partial charge in [-0.1, -0.05) is 12.1 Å². The van der Waals surface area contributed by atoms with Gasteiger partial charge in [-0.2, -0.15) is 0 Å². The van der Waals surface area contributed by atoms with E-state index in [1.54, 1.807) is 19.2 Å². The van der Waals surface area contributed by atoms with Crippen molar-refractivity contribution in [1.82, 2.24) is 4.98 Å². The summed E-state index contributed by atoms with van der Waals surface area (Å²) in [5, 5.41) is 0.877. The summed E-state index contributed by atoms with van der Waals surface area (Å²) in [6.45, 7) is 1.77. The molecule has 0 fully saturated rings. The molecular formula is C10H11FN2. The predicted octanol–water partition coefficient (Wildman–Crippen LogP) is 2.33. The molecule has 0 bridgehead atoms. The molecule has 0 saturated heterocycles. The molecule has 0 aliphatic heterocycles. The highest BCUT2D eigenvalue weighted by Gasteiger charge is 2.10. The highest BCUT2D eigenvalue weighted by Crippen LogP contribution is 2.22. The van der Waals surface area contributed by atoms with Crippen molar-refractivity contribution in [2.24, 2.45) is 5.73 Å². The largest absolute Gasteiger partial charge is 0.359 e. The maximum absolute atomic E-state index is 13.6. The molecule has 3 heteroatoms. The molecule has 0 saturated carbocycles. The van der Waals surface area contributed by atoms with Crippen molar-refractivity contribution in [3.63, 3.8) is 0 Å². The third kappa shape index (κ3) is 1.21. The van der Waals surface area contributed by atoms with Gasteiger partial charge in [-0.25, -0.2) is 4.39 Å². The number of nitrogens with one attached hydrogen (secondary N) is 1. The molecule has 1 unspecified atom stereocenters. The second-order valence-corrected chi connectivity index (χ2v) is 3.20. The van der Waals surface area contributed by atoms with E-state index in [0.717, 1.165) is 5.39 Å². The van der Waals surface area contributed by atoms with E-state index in [1.165, 1.54) is 0 Å². The Morgan fingerprint density at radius 1 is 1.38 bits per heavy atom. The topological polar surface area (TPSA) is 41.8 Å². The predicted molar refractivity (Wildman–Crippen MR) is 50.9 cm³/mol. The molecule has 1 heterocycles. The first-order chi connectivity index (χ1) is 6.20. The van der Waals surface area contributed by atoms with Gasteiger partial charge in [0, 0.05) is 23.2 Å². The van der Waals surface area contributed by atoms with E-state index in [4.69, 9.17) is 5.73 Å². The number of fused-ring (bicyclic) bond motifs is 1. The summed E-state index contributed by atoms with van der Waals surface area (Å²) in [6, 6.07) is 5.17. The van der Waals surface area contributed by atoms with Gasteiger partial charge in [-0.3, -0.25) is 0 Å². The van der Waals surface area contributed by atoms with E-state index >= 15 is 0 Å². The highest BCUT2D eigenvalue weighted by atomic mass is 19.1. The minimum Gasteiger partial charge on any atom is -0.359 e. The van der Waals surface area contributed by atoms with Crippen molar-refractivity contribution >= 4 is 10.9 Å². The number of nitrogens with two attached hydrogens (primary N) is 1. The lowest BCUT2D eigenvalue weighted by Gasteiger charge is -2.06. The SMILES string of the molecule is CC(N)c1ccc2cc[nH]c2c1F. The summed E-state index contributed by atoms with van der Waals surface area (Å²) in [6.07, 6.45) is 1.72. The van der Waals surface area contributed by atoms with Gasteiger partial charge in [0.1, 0.15) is 0 Å². The molecule has 0 aliphatic carbocycles. The fourth-order valence-electron chi connectivity index (χ4n) is 1.46. The minimum absolute atomic E-state index is 0.238. The molecule has 1 aromatic heterocycles. The first kappa shape index (κ1) is 8.26. The van der Waals surface area contributed by atoms with Crippen LogP contribution in [0.1, 0.15) is 18.5 Å². The standard InChI is InChI=1S/C10H11FN2/c1-6(12)8-3-2-7-4-5-13-10(7)9(8)11/h2-6,13H,12H2,1H3. The van der Waals surface area contributed by atoms with E-state index in [2.05, 4.69) is 4.98 Å². The zero-order chi connectivity index (χ0) is 9.42. The molecule has 0 spiro atoms. The van der Waals surface area contributed by atoms with Crippen LogP contribution in [0, 0.1) is 5.82 Å². The summed E-state index contributed by atoms with van der Waals surface area (Å²) >= 11 is 0. The Labute approximate surface area is 75.6 Å². The number of H-pyrrole nitrogens is 1. The number of aromatic amines is 1. The third-order valence-electron chi connectivity index (χ3n) is 2.19. The Bertz CT molecular complexity index is 431. The Morgan fingerprint density at radius 3 is 2.85 bits per heavy atom. The van der Waals surface area contributed by atoms with E-state index in [9.17, 15) is 4.39 Å². The maximum atomic E-state index is 13.6. The lowest BCUT2D eigenvalue weighted by molar-refractivity contribution is 0.603. The van der Waals surface area contributed by atoms with Gasteiger partial charge in [0.15, 0.2) is 5.82 Å². The van der Waals surface area contributed by atoms with Crippen LogP contribution in [0.4, 0.5) is 4.39 Å². The van der Waals surface area contributed by atoms with Gasteiger partial charge in [0.25, 0.3) is 0 Å². The molecule has 0 amide bonds. The zero-order valence-corrected chi connectivity index (χ0v) is 7.34. The normalized spacial score (nSPS) is 13.5. The van der Waals surface area contributed by atoms with Crippen LogP contribution in [0.5, 0.6) is 0 Å². The summed E-state index contributed by atoms with van der Waals surface area (Å²) in [7, 11) is 0. The minimum atomic E-state index is -0.271. The third-order valence-corrected chi connectivity index (χ3v) is 2.19. The van der Waals surface area contributed by atoms with Crippen LogP contribution in [0.3, 0.4) is 0 Å². The lowest BCUT2D eigenvalue weighted by Crippen LogP contribution is -2.07. The number of benzene rings is 1. The molecule has 2 rings (SSSR count). The van der Waals surface area contributed by atoms with Crippen molar-refractivity contribution in [2.45, 2.75) is 13.0 Å². The number of hydrogen-bond acceptors (Lipinski definition) is 1. The Balaban J connectivity index is 2.73. The second-order valence-electron chi connectivity index (χ2n) is 3.20. The maximum Gasteiger partial charge on any atom is 0.151 e. The number of rotatable bonds is 1. The monoisotopic (exact) mass is 178 g/mol. The van der Waals surface area contributed by atoms with Crippen LogP contribution in [0.2, 0.25) is 0 Å². The summed E-state index contributed by atoms with van der Waals surface area (Å²) < 4.78 is 13.6. The number of aromatic nitrogens is 1. The van der Waals surface area contributed by atoms with Gasteiger partial charge in [-0.05, 0) is 13.0 Å². The van der Waals surface area contributed by atoms with Gasteiger partial charge in [0.05, 0.1) is 5.52 Å². The Kier molecular flexibility index (Phi) is 1.81. The van der Waals surface area contributed by atoms with Crippen LogP contribution in [-0.4, -0.2) is 4.98 Å². The fraction of sp³-hybridized carbons (Fsp3) is 0.200. The van der Waals surface area contributed by atoms with Gasteiger partial charge < -0.3 is 10.7 Å². The second kappa shape index (κ2) is 2.85. The van der Waals surface area contributed by atoms with Gasteiger partial charge in [-0.15, -0.1) is 0 Å². The van der Waals surface area contributed by atoms with Gasteiger partial charge >= 0.3 is 0 Å².